The third-order valence-electron chi connectivity index (χ3n) is 2.28. The highest BCUT2D eigenvalue weighted by Crippen LogP contribution is 1.98. The molecule has 0 radical (unpaired) electrons. The number of carbonyl (C=O) groups is 2. The summed E-state index contributed by atoms with van der Waals surface area (Å²) in [7, 11) is 0. The molecule has 100 valence electrons. The smallest absolute Gasteiger partial charge is 0.305 e. The van der Waals surface area contributed by atoms with Crippen LogP contribution in [0.4, 0.5) is 0 Å². The fraction of sp³-hybridized carbons (Fsp3) is 0.833. The summed E-state index contributed by atoms with van der Waals surface area (Å²) in [4.78, 5) is 22.2. The van der Waals surface area contributed by atoms with Crippen LogP contribution >= 0.6 is 0 Å². The van der Waals surface area contributed by atoms with E-state index in [0.717, 1.165) is 0 Å². The third-order valence-corrected chi connectivity index (χ3v) is 2.28. The second-order valence-corrected chi connectivity index (χ2v) is 4.50. The lowest BCUT2D eigenvalue weighted by atomic mass is 10.2. The molecule has 0 aromatic carbocycles. The summed E-state index contributed by atoms with van der Waals surface area (Å²) in [5, 5.41) is 3.01. The van der Waals surface area contributed by atoms with Crippen LogP contribution in [0.2, 0.25) is 0 Å². The van der Waals surface area contributed by atoms with Crippen LogP contribution in [0.3, 0.4) is 0 Å². The van der Waals surface area contributed by atoms with Gasteiger partial charge in [-0.25, -0.2) is 0 Å². The first-order valence-corrected chi connectivity index (χ1v) is 6.15. The van der Waals surface area contributed by atoms with Crippen molar-refractivity contribution in [3.63, 3.8) is 0 Å². The number of rotatable bonds is 9. The van der Waals surface area contributed by atoms with E-state index in [1.807, 2.05) is 20.8 Å². The predicted molar refractivity (Wildman–Crippen MR) is 66.3 cm³/mol. The van der Waals surface area contributed by atoms with E-state index >= 15 is 0 Å². The molecule has 1 amide bonds. The second kappa shape index (κ2) is 8.98. The van der Waals surface area contributed by atoms with Gasteiger partial charge >= 0.3 is 5.97 Å². The lowest BCUT2D eigenvalue weighted by molar-refractivity contribution is -0.144. The van der Waals surface area contributed by atoms with Crippen molar-refractivity contribution >= 4 is 11.9 Å². The van der Waals surface area contributed by atoms with Crippen LogP contribution in [0.1, 0.15) is 40.0 Å². The van der Waals surface area contributed by atoms with Crippen LogP contribution in [-0.2, 0) is 14.3 Å². The Morgan fingerprint density at radius 1 is 1.35 bits per heavy atom. The second-order valence-electron chi connectivity index (χ2n) is 4.50. The maximum Gasteiger partial charge on any atom is 0.305 e. The van der Waals surface area contributed by atoms with E-state index in [1.165, 1.54) is 0 Å². The molecule has 0 fully saturated rings. The monoisotopic (exact) mass is 244 g/mol. The number of ether oxygens (including phenoxy) is 1. The lowest BCUT2D eigenvalue weighted by Gasteiger charge is -2.12. The van der Waals surface area contributed by atoms with E-state index in [0.29, 0.717) is 38.3 Å². The zero-order chi connectivity index (χ0) is 13.3. The van der Waals surface area contributed by atoms with Crippen molar-refractivity contribution in [1.82, 2.24) is 5.32 Å². The van der Waals surface area contributed by atoms with Crippen LogP contribution in [0.5, 0.6) is 0 Å². The summed E-state index contributed by atoms with van der Waals surface area (Å²) in [5.74, 6) is -0.182. The van der Waals surface area contributed by atoms with Gasteiger partial charge in [0.1, 0.15) is 0 Å². The van der Waals surface area contributed by atoms with Crippen LogP contribution in [0.15, 0.2) is 0 Å². The van der Waals surface area contributed by atoms with Gasteiger partial charge in [-0.2, -0.15) is 0 Å². The molecule has 5 heteroatoms. The average molecular weight is 244 g/mol. The van der Waals surface area contributed by atoms with Gasteiger partial charge in [0, 0.05) is 6.42 Å². The quantitative estimate of drug-likeness (QED) is 0.465. The minimum atomic E-state index is -0.352. The number of hydrogen-bond donors (Lipinski definition) is 2. The number of primary amides is 1. The van der Waals surface area contributed by atoms with Crippen molar-refractivity contribution < 1.29 is 14.3 Å². The number of nitrogens with one attached hydrogen (secondary N) is 1. The first kappa shape index (κ1) is 15.9. The molecule has 0 rings (SSSR count). The Bertz CT molecular complexity index is 242. The Hall–Kier alpha value is -1.10. The molecule has 0 aliphatic rings. The van der Waals surface area contributed by atoms with Crippen molar-refractivity contribution in [3.8, 4) is 0 Å². The Morgan fingerprint density at radius 3 is 2.47 bits per heavy atom. The van der Waals surface area contributed by atoms with E-state index in [-0.39, 0.29) is 17.9 Å². The zero-order valence-corrected chi connectivity index (χ0v) is 11.0. The molecule has 0 saturated heterocycles. The van der Waals surface area contributed by atoms with Gasteiger partial charge in [-0.3, -0.25) is 9.59 Å². The van der Waals surface area contributed by atoms with E-state index in [4.69, 9.17) is 10.5 Å². The van der Waals surface area contributed by atoms with Crippen LogP contribution in [-0.4, -0.2) is 31.1 Å². The maximum atomic E-state index is 11.3. The molecule has 5 nitrogen and oxygen atoms in total. The third kappa shape index (κ3) is 8.68. The van der Waals surface area contributed by atoms with Crippen molar-refractivity contribution in [2.75, 3.05) is 13.2 Å². The van der Waals surface area contributed by atoms with Crippen molar-refractivity contribution in [1.29, 1.82) is 0 Å². The van der Waals surface area contributed by atoms with Gasteiger partial charge in [-0.1, -0.05) is 20.8 Å². The molecule has 17 heavy (non-hydrogen) atoms. The average Bonchev–Trinajstić information content (AvgIpc) is 2.25. The zero-order valence-electron chi connectivity index (χ0n) is 11.0. The Balaban J connectivity index is 3.56. The normalized spacial score (nSPS) is 12.5. The highest BCUT2D eigenvalue weighted by Gasteiger charge is 2.11. The molecule has 0 aromatic rings. The topological polar surface area (TPSA) is 81.4 Å². The van der Waals surface area contributed by atoms with Crippen molar-refractivity contribution in [3.05, 3.63) is 0 Å². The molecule has 0 spiro atoms. The van der Waals surface area contributed by atoms with E-state index in [2.05, 4.69) is 5.32 Å². The molecule has 0 unspecified atom stereocenters. The standard InChI is InChI=1S/C12H24N2O3/c1-4-10(12(13)16)14-7-5-6-11(15)17-8-9(2)3/h9-10,14H,4-8H2,1-3H3,(H2,13,16)/t10-/m0/s1. The van der Waals surface area contributed by atoms with Gasteiger partial charge < -0.3 is 15.8 Å². The summed E-state index contributed by atoms with van der Waals surface area (Å²) in [6.07, 6.45) is 1.68. The molecule has 0 aliphatic heterocycles. The predicted octanol–water partition coefficient (Wildman–Crippen LogP) is 0.819. The van der Waals surface area contributed by atoms with Gasteiger partial charge in [-0.05, 0) is 25.3 Å². The molecule has 0 heterocycles. The molecule has 3 N–H and O–H groups in total. The van der Waals surface area contributed by atoms with Gasteiger partial charge in [0.05, 0.1) is 12.6 Å². The van der Waals surface area contributed by atoms with E-state index in [9.17, 15) is 9.59 Å². The number of hydrogen-bond acceptors (Lipinski definition) is 4. The van der Waals surface area contributed by atoms with E-state index in [1.54, 1.807) is 0 Å². The minimum absolute atomic E-state index is 0.187. The highest BCUT2D eigenvalue weighted by molar-refractivity contribution is 5.79. The molecule has 0 bridgehead atoms. The van der Waals surface area contributed by atoms with Crippen LogP contribution in [0, 0.1) is 5.92 Å². The number of carbonyl (C=O) groups excluding carboxylic acids is 2. The number of nitrogens with two attached hydrogens (primary N) is 1. The minimum Gasteiger partial charge on any atom is -0.465 e. The first-order chi connectivity index (χ1) is 7.97. The molecule has 1 atom stereocenters. The van der Waals surface area contributed by atoms with Gasteiger partial charge in [0.25, 0.3) is 0 Å². The van der Waals surface area contributed by atoms with Crippen LogP contribution in [0.25, 0.3) is 0 Å². The Labute approximate surface area is 103 Å². The number of amides is 1. The fourth-order valence-electron chi connectivity index (χ4n) is 1.29. The molecular formula is C12H24N2O3. The lowest BCUT2D eigenvalue weighted by Crippen LogP contribution is -2.41. The fourth-order valence-corrected chi connectivity index (χ4v) is 1.29. The Kier molecular flexibility index (Phi) is 8.40. The van der Waals surface area contributed by atoms with E-state index < -0.39 is 0 Å². The summed E-state index contributed by atoms with van der Waals surface area (Å²) in [5.41, 5.74) is 5.18. The summed E-state index contributed by atoms with van der Waals surface area (Å²) in [6, 6.07) is -0.304. The largest absolute Gasteiger partial charge is 0.465 e. The van der Waals surface area contributed by atoms with Gasteiger partial charge in [0.15, 0.2) is 0 Å². The summed E-state index contributed by atoms with van der Waals surface area (Å²) >= 11 is 0. The highest BCUT2D eigenvalue weighted by atomic mass is 16.5. The SMILES string of the molecule is CC[C@H](NCCCC(=O)OCC(C)C)C(N)=O. The number of esters is 1. The molecular weight excluding hydrogens is 220 g/mol. The molecule has 0 aliphatic carbocycles. The van der Waals surface area contributed by atoms with Crippen LogP contribution < -0.4 is 11.1 Å². The first-order valence-electron chi connectivity index (χ1n) is 6.15. The summed E-state index contributed by atoms with van der Waals surface area (Å²) in [6.45, 7) is 6.93. The molecule has 0 saturated carbocycles. The van der Waals surface area contributed by atoms with Gasteiger partial charge in [-0.15, -0.1) is 0 Å². The van der Waals surface area contributed by atoms with Crippen molar-refractivity contribution in [2.45, 2.75) is 46.1 Å². The Morgan fingerprint density at radius 2 is 2.00 bits per heavy atom. The van der Waals surface area contributed by atoms with Crippen molar-refractivity contribution in [2.24, 2.45) is 11.7 Å². The molecule has 0 aromatic heterocycles. The maximum absolute atomic E-state index is 11.3. The van der Waals surface area contributed by atoms with Gasteiger partial charge in [0.2, 0.25) is 5.91 Å². The summed E-state index contributed by atoms with van der Waals surface area (Å²) < 4.78 is 5.03.